The molecule has 4 nitrogen and oxygen atoms in total. The number of halogens is 3. The standard InChI is InChI=1S/C12H6Cl3NO3/c13-7-5-10(14)12(15)11(6-7)19-9-3-1-8(2-4-9)16(17)18/h1-6H. The number of nitro groups is 1. The number of nitro benzene ring substituents is 1. The van der Waals surface area contributed by atoms with Gasteiger partial charge in [-0.15, -0.1) is 0 Å². The Hall–Kier alpha value is -1.49. The lowest BCUT2D eigenvalue weighted by molar-refractivity contribution is -0.384. The second-order valence-electron chi connectivity index (χ2n) is 3.55. The number of benzene rings is 2. The molecule has 98 valence electrons. The summed E-state index contributed by atoms with van der Waals surface area (Å²) < 4.78 is 5.48. The molecule has 2 aromatic rings. The highest BCUT2D eigenvalue weighted by molar-refractivity contribution is 6.44. The summed E-state index contributed by atoms with van der Waals surface area (Å²) >= 11 is 17.7. The van der Waals surface area contributed by atoms with Crippen molar-refractivity contribution in [2.45, 2.75) is 0 Å². The Labute approximate surface area is 123 Å². The lowest BCUT2D eigenvalue weighted by Gasteiger charge is -2.09. The lowest BCUT2D eigenvalue weighted by atomic mass is 10.3. The average molecular weight is 319 g/mol. The van der Waals surface area contributed by atoms with Crippen molar-refractivity contribution in [3.8, 4) is 11.5 Å². The first-order chi connectivity index (χ1) is 8.97. The normalized spacial score (nSPS) is 10.3. The maximum Gasteiger partial charge on any atom is 0.269 e. The number of nitrogens with zero attached hydrogens (tertiary/aromatic N) is 1. The van der Waals surface area contributed by atoms with Gasteiger partial charge in [0.15, 0.2) is 0 Å². The van der Waals surface area contributed by atoms with Crippen LogP contribution in [-0.4, -0.2) is 4.92 Å². The average Bonchev–Trinajstić information content (AvgIpc) is 2.36. The molecule has 0 unspecified atom stereocenters. The largest absolute Gasteiger partial charge is 0.456 e. The van der Waals surface area contributed by atoms with E-state index in [4.69, 9.17) is 39.5 Å². The third kappa shape index (κ3) is 3.29. The molecular formula is C12H6Cl3NO3. The summed E-state index contributed by atoms with van der Waals surface area (Å²) in [6.45, 7) is 0. The van der Waals surface area contributed by atoms with E-state index >= 15 is 0 Å². The smallest absolute Gasteiger partial charge is 0.269 e. The number of rotatable bonds is 3. The van der Waals surface area contributed by atoms with E-state index in [0.717, 1.165) is 0 Å². The molecule has 0 N–H and O–H groups in total. The number of ether oxygens (including phenoxy) is 1. The van der Waals surface area contributed by atoms with Crippen LogP contribution in [0.3, 0.4) is 0 Å². The molecule has 0 saturated carbocycles. The summed E-state index contributed by atoms with van der Waals surface area (Å²) in [5.74, 6) is 0.679. The van der Waals surface area contributed by atoms with Gasteiger partial charge < -0.3 is 4.74 Å². The molecule has 0 bridgehead atoms. The van der Waals surface area contributed by atoms with Crippen LogP contribution in [0.15, 0.2) is 36.4 Å². The highest BCUT2D eigenvalue weighted by Crippen LogP contribution is 2.37. The molecule has 0 radical (unpaired) electrons. The van der Waals surface area contributed by atoms with Gasteiger partial charge in [-0.3, -0.25) is 10.1 Å². The van der Waals surface area contributed by atoms with Gasteiger partial charge in [-0.2, -0.15) is 0 Å². The van der Waals surface area contributed by atoms with Gasteiger partial charge in [-0.1, -0.05) is 34.8 Å². The van der Waals surface area contributed by atoms with Gasteiger partial charge in [0.25, 0.3) is 5.69 Å². The predicted octanol–water partition coefficient (Wildman–Crippen LogP) is 5.35. The van der Waals surface area contributed by atoms with Crippen LogP contribution in [0, 0.1) is 10.1 Å². The van der Waals surface area contributed by atoms with E-state index in [9.17, 15) is 10.1 Å². The Morgan fingerprint density at radius 2 is 1.68 bits per heavy atom. The fourth-order valence-corrected chi connectivity index (χ4v) is 1.99. The zero-order chi connectivity index (χ0) is 14.0. The SMILES string of the molecule is O=[N+]([O-])c1ccc(Oc2cc(Cl)cc(Cl)c2Cl)cc1. The number of hydrogen-bond donors (Lipinski definition) is 0. The van der Waals surface area contributed by atoms with Crippen molar-refractivity contribution in [3.05, 3.63) is 61.6 Å². The summed E-state index contributed by atoms with van der Waals surface area (Å²) in [5.41, 5.74) is -0.0254. The van der Waals surface area contributed by atoms with Crippen molar-refractivity contribution < 1.29 is 9.66 Å². The maximum absolute atomic E-state index is 10.5. The Balaban J connectivity index is 2.28. The molecule has 2 rings (SSSR count). The third-order valence-electron chi connectivity index (χ3n) is 2.23. The molecule has 0 heterocycles. The molecule has 19 heavy (non-hydrogen) atoms. The highest BCUT2D eigenvalue weighted by atomic mass is 35.5. The molecule has 2 aromatic carbocycles. The Morgan fingerprint density at radius 1 is 1.05 bits per heavy atom. The first kappa shape index (κ1) is 13.9. The summed E-state index contributed by atoms with van der Waals surface area (Å²) in [7, 11) is 0. The summed E-state index contributed by atoms with van der Waals surface area (Å²) in [5, 5.41) is 11.4. The van der Waals surface area contributed by atoms with Gasteiger partial charge in [0.05, 0.1) is 9.95 Å². The second kappa shape index (κ2) is 5.65. The quantitative estimate of drug-likeness (QED) is 0.435. The molecule has 0 amide bonds. The highest BCUT2D eigenvalue weighted by Gasteiger charge is 2.10. The zero-order valence-electron chi connectivity index (χ0n) is 9.27. The molecule has 0 saturated heterocycles. The predicted molar refractivity (Wildman–Crippen MR) is 74.6 cm³/mol. The second-order valence-corrected chi connectivity index (χ2v) is 4.77. The van der Waals surface area contributed by atoms with Gasteiger partial charge in [-0.25, -0.2) is 0 Å². The summed E-state index contributed by atoms with van der Waals surface area (Å²) in [6, 6.07) is 8.59. The van der Waals surface area contributed by atoms with Crippen LogP contribution in [0.4, 0.5) is 5.69 Å². The number of hydrogen-bond acceptors (Lipinski definition) is 3. The first-order valence-electron chi connectivity index (χ1n) is 5.04. The van der Waals surface area contributed by atoms with Crippen molar-refractivity contribution in [2.75, 3.05) is 0 Å². The lowest BCUT2D eigenvalue weighted by Crippen LogP contribution is -1.89. The van der Waals surface area contributed by atoms with Gasteiger partial charge >= 0.3 is 0 Å². The molecule has 0 aromatic heterocycles. The van der Waals surface area contributed by atoms with E-state index in [1.165, 1.54) is 36.4 Å². The molecule has 0 fully saturated rings. The van der Waals surface area contributed by atoms with Crippen LogP contribution in [0.25, 0.3) is 0 Å². The van der Waals surface area contributed by atoms with Gasteiger partial charge in [-0.05, 0) is 18.2 Å². The van der Waals surface area contributed by atoms with Gasteiger partial charge in [0, 0.05) is 23.2 Å². The Morgan fingerprint density at radius 3 is 2.26 bits per heavy atom. The van der Waals surface area contributed by atoms with E-state index < -0.39 is 4.92 Å². The minimum absolute atomic E-state index is 0.0254. The molecule has 0 aliphatic carbocycles. The minimum atomic E-state index is -0.493. The maximum atomic E-state index is 10.5. The van der Waals surface area contributed by atoms with Crippen LogP contribution >= 0.6 is 34.8 Å². The third-order valence-corrected chi connectivity index (χ3v) is 3.24. The van der Waals surface area contributed by atoms with Crippen LogP contribution < -0.4 is 4.74 Å². The minimum Gasteiger partial charge on any atom is -0.456 e. The summed E-state index contributed by atoms with van der Waals surface area (Å²) in [4.78, 5) is 10.0. The van der Waals surface area contributed by atoms with Crippen LogP contribution in [0.5, 0.6) is 11.5 Å². The zero-order valence-corrected chi connectivity index (χ0v) is 11.5. The summed E-state index contributed by atoms with van der Waals surface area (Å²) in [6.07, 6.45) is 0. The van der Waals surface area contributed by atoms with E-state index in [0.29, 0.717) is 10.8 Å². The molecule has 0 aliphatic heterocycles. The molecule has 0 spiro atoms. The van der Waals surface area contributed by atoms with Crippen molar-refractivity contribution >= 4 is 40.5 Å². The topological polar surface area (TPSA) is 52.4 Å². The van der Waals surface area contributed by atoms with E-state index in [1.807, 2.05) is 0 Å². The molecule has 0 atom stereocenters. The van der Waals surface area contributed by atoms with Crippen molar-refractivity contribution in [2.24, 2.45) is 0 Å². The van der Waals surface area contributed by atoms with Gasteiger partial charge in [0.2, 0.25) is 0 Å². The van der Waals surface area contributed by atoms with E-state index in [1.54, 1.807) is 0 Å². The van der Waals surface area contributed by atoms with Crippen molar-refractivity contribution in [1.82, 2.24) is 0 Å². The first-order valence-corrected chi connectivity index (χ1v) is 6.17. The van der Waals surface area contributed by atoms with Crippen LogP contribution in [0.1, 0.15) is 0 Å². The molecule has 0 aliphatic rings. The molecular weight excluding hydrogens is 312 g/mol. The Kier molecular flexibility index (Phi) is 4.14. The Bertz CT molecular complexity index is 629. The van der Waals surface area contributed by atoms with Crippen LogP contribution in [0.2, 0.25) is 15.1 Å². The van der Waals surface area contributed by atoms with Crippen molar-refractivity contribution in [3.63, 3.8) is 0 Å². The van der Waals surface area contributed by atoms with Crippen LogP contribution in [-0.2, 0) is 0 Å². The fourth-order valence-electron chi connectivity index (χ4n) is 1.37. The van der Waals surface area contributed by atoms with E-state index in [2.05, 4.69) is 0 Å². The van der Waals surface area contributed by atoms with Gasteiger partial charge in [0.1, 0.15) is 16.5 Å². The number of non-ortho nitro benzene ring substituents is 1. The monoisotopic (exact) mass is 317 g/mol. The van der Waals surface area contributed by atoms with Crippen molar-refractivity contribution in [1.29, 1.82) is 0 Å². The fraction of sp³-hybridized carbons (Fsp3) is 0. The molecule has 7 heteroatoms. The van der Waals surface area contributed by atoms with E-state index in [-0.39, 0.29) is 21.5 Å².